The maximum atomic E-state index is 10.3. The second-order valence-electron chi connectivity index (χ2n) is 3.75. The fourth-order valence-electron chi connectivity index (χ4n) is 1.63. The molecule has 3 atom stereocenters. The molecule has 90 valence electrons. The van der Waals surface area contributed by atoms with Crippen LogP contribution < -0.4 is 11.5 Å². The lowest BCUT2D eigenvalue weighted by Gasteiger charge is -2.16. The van der Waals surface area contributed by atoms with Gasteiger partial charge in [0.05, 0.1) is 0 Å². The lowest BCUT2D eigenvalue weighted by molar-refractivity contribution is -0.137. The SMILES string of the molecule is Cl.N[C@@H]1[C@H](CCCCC(=O)O)SC[C@@H]1N. The van der Waals surface area contributed by atoms with E-state index < -0.39 is 5.97 Å². The lowest BCUT2D eigenvalue weighted by Crippen LogP contribution is -2.43. The summed E-state index contributed by atoms with van der Waals surface area (Å²) in [5, 5.41) is 8.88. The number of rotatable bonds is 5. The summed E-state index contributed by atoms with van der Waals surface area (Å²) in [5.74, 6) is 0.218. The maximum Gasteiger partial charge on any atom is 0.303 e. The van der Waals surface area contributed by atoms with Crippen LogP contribution in [0.2, 0.25) is 0 Å². The molecule has 0 amide bonds. The quantitative estimate of drug-likeness (QED) is 0.632. The standard InChI is InChI=1S/C9H18N2O2S.ClH/c10-6-5-14-7(9(6)11)3-1-2-4-8(12)13;/h6-7,9H,1-5,10-11H2,(H,12,13);1H/t6-,7-,9-;/m0./s1. The van der Waals surface area contributed by atoms with Crippen molar-refractivity contribution in [3.8, 4) is 0 Å². The van der Waals surface area contributed by atoms with Crippen molar-refractivity contribution in [2.45, 2.75) is 43.0 Å². The molecule has 1 saturated heterocycles. The van der Waals surface area contributed by atoms with Crippen LogP contribution in [0.3, 0.4) is 0 Å². The summed E-state index contributed by atoms with van der Waals surface area (Å²) in [7, 11) is 0. The Bertz CT molecular complexity index is 207. The summed E-state index contributed by atoms with van der Waals surface area (Å²) in [5.41, 5.74) is 11.7. The molecule has 1 aliphatic heterocycles. The molecule has 0 aromatic heterocycles. The third-order valence-electron chi connectivity index (χ3n) is 2.56. The zero-order valence-electron chi connectivity index (χ0n) is 8.59. The Labute approximate surface area is 101 Å². The van der Waals surface area contributed by atoms with Crippen LogP contribution in [0, 0.1) is 0 Å². The number of halogens is 1. The first-order chi connectivity index (χ1) is 6.61. The van der Waals surface area contributed by atoms with E-state index in [9.17, 15) is 4.79 Å². The van der Waals surface area contributed by atoms with Crippen molar-refractivity contribution in [2.75, 3.05) is 5.75 Å². The van der Waals surface area contributed by atoms with E-state index in [1.807, 2.05) is 11.8 Å². The molecular formula is C9H19ClN2O2S. The second kappa shape index (κ2) is 7.33. The van der Waals surface area contributed by atoms with E-state index in [4.69, 9.17) is 16.6 Å². The van der Waals surface area contributed by atoms with Crippen molar-refractivity contribution in [2.24, 2.45) is 11.5 Å². The zero-order valence-corrected chi connectivity index (χ0v) is 10.2. The lowest BCUT2D eigenvalue weighted by atomic mass is 10.0. The number of unbranched alkanes of at least 4 members (excludes halogenated alkanes) is 1. The summed E-state index contributed by atoms with van der Waals surface area (Å²) in [6.07, 6.45) is 2.93. The Morgan fingerprint density at radius 2 is 2.07 bits per heavy atom. The Morgan fingerprint density at radius 1 is 1.40 bits per heavy atom. The molecule has 0 bridgehead atoms. The minimum atomic E-state index is -0.718. The largest absolute Gasteiger partial charge is 0.481 e. The van der Waals surface area contributed by atoms with Crippen LogP contribution in [-0.2, 0) is 4.79 Å². The average Bonchev–Trinajstić information content (AvgIpc) is 2.43. The summed E-state index contributed by atoms with van der Waals surface area (Å²) < 4.78 is 0. The highest BCUT2D eigenvalue weighted by molar-refractivity contribution is 8.00. The summed E-state index contributed by atoms with van der Waals surface area (Å²) >= 11 is 1.82. The zero-order chi connectivity index (χ0) is 10.6. The molecule has 6 heteroatoms. The molecule has 1 fully saturated rings. The number of nitrogens with two attached hydrogens (primary N) is 2. The van der Waals surface area contributed by atoms with Gasteiger partial charge in [0, 0.05) is 29.5 Å². The first-order valence-corrected chi connectivity index (χ1v) is 6.00. The van der Waals surface area contributed by atoms with Gasteiger partial charge in [0.2, 0.25) is 0 Å². The highest BCUT2D eigenvalue weighted by Gasteiger charge is 2.30. The Hall–Kier alpha value is 0.0300. The molecule has 0 aliphatic carbocycles. The minimum absolute atomic E-state index is 0. The van der Waals surface area contributed by atoms with Gasteiger partial charge in [0.25, 0.3) is 0 Å². The van der Waals surface area contributed by atoms with Gasteiger partial charge in [0.15, 0.2) is 0 Å². The number of hydrogen-bond acceptors (Lipinski definition) is 4. The van der Waals surface area contributed by atoms with Crippen LogP contribution in [0.25, 0.3) is 0 Å². The molecule has 1 aliphatic rings. The van der Waals surface area contributed by atoms with E-state index in [0.717, 1.165) is 25.0 Å². The monoisotopic (exact) mass is 254 g/mol. The fraction of sp³-hybridized carbons (Fsp3) is 0.889. The van der Waals surface area contributed by atoms with Crippen molar-refractivity contribution < 1.29 is 9.90 Å². The van der Waals surface area contributed by atoms with E-state index in [-0.39, 0.29) is 30.9 Å². The Morgan fingerprint density at radius 3 is 2.53 bits per heavy atom. The predicted octanol–water partition coefficient (Wildman–Crippen LogP) is 0.823. The summed E-state index contributed by atoms with van der Waals surface area (Å²) in [6.45, 7) is 0. The smallest absolute Gasteiger partial charge is 0.303 e. The molecule has 15 heavy (non-hydrogen) atoms. The number of carbonyl (C=O) groups is 1. The third-order valence-corrected chi connectivity index (χ3v) is 4.11. The van der Waals surface area contributed by atoms with Crippen molar-refractivity contribution >= 4 is 30.1 Å². The third kappa shape index (κ3) is 5.06. The van der Waals surface area contributed by atoms with Crippen LogP contribution >= 0.6 is 24.2 Å². The van der Waals surface area contributed by atoms with E-state index >= 15 is 0 Å². The molecule has 0 aromatic carbocycles. The highest BCUT2D eigenvalue weighted by Crippen LogP contribution is 2.28. The highest BCUT2D eigenvalue weighted by atomic mass is 35.5. The number of carboxylic acid groups (broad SMARTS) is 1. The van der Waals surface area contributed by atoms with Crippen LogP contribution in [0.5, 0.6) is 0 Å². The van der Waals surface area contributed by atoms with Gasteiger partial charge in [-0.1, -0.05) is 6.42 Å². The molecule has 4 nitrogen and oxygen atoms in total. The van der Waals surface area contributed by atoms with Crippen LogP contribution in [0.1, 0.15) is 25.7 Å². The number of thioether (sulfide) groups is 1. The van der Waals surface area contributed by atoms with E-state index in [1.165, 1.54) is 0 Å². The molecular weight excluding hydrogens is 236 g/mol. The van der Waals surface area contributed by atoms with Gasteiger partial charge in [-0.15, -0.1) is 12.4 Å². The minimum Gasteiger partial charge on any atom is -0.481 e. The van der Waals surface area contributed by atoms with Crippen molar-refractivity contribution in [3.63, 3.8) is 0 Å². The molecule has 0 aromatic rings. The normalized spacial score (nSPS) is 29.9. The van der Waals surface area contributed by atoms with Gasteiger partial charge >= 0.3 is 5.97 Å². The van der Waals surface area contributed by atoms with Gasteiger partial charge in [-0.3, -0.25) is 4.79 Å². The second-order valence-corrected chi connectivity index (χ2v) is 5.02. The Balaban J connectivity index is 0.00000196. The number of carboxylic acids is 1. The number of hydrogen-bond donors (Lipinski definition) is 3. The first-order valence-electron chi connectivity index (χ1n) is 4.96. The van der Waals surface area contributed by atoms with Crippen LogP contribution in [0.4, 0.5) is 0 Å². The van der Waals surface area contributed by atoms with Crippen molar-refractivity contribution in [3.05, 3.63) is 0 Å². The van der Waals surface area contributed by atoms with E-state index in [0.29, 0.717) is 5.25 Å². The van der Waals surface area contributed by atoms with E-state index in [1.54, 1.807) is 0 Å². The van der Waals surface area contributed by atoms with Crippen molar-refractivity contribution in [1.29, 1.82) is 0 Å². The fourth-order valence-corrected chi connectivity index (χ4v) is 3.08. The van der Waals surface area contributed by atoms with Gasteiger partial charge < -0.3 is 16.6 Å². The molecule has 0 saturated carbocycles. The Kier molecular flexibility index (Phi) is 7.34. The number of aliphatic carboxylic acids is 1. The maximum absolute atomic E-state index is 10.3. The molecule has 0 radical (unpaired) electrons. The summed E-state index contributed by atoms with van der Waals surface area (Å²) in [6, 6.07) is 0.203. The van der Waals surface area contributed by atoms with Crippen molar-refractivity contribution in [1.82, 2.24) is 0 Å². The van der Waals surface area contributed by atoms with Crippen LogP contribution in [0.15, 0.2) is 0 Å². The van der Waals surface area contributed by atoms with Gasteiger partial charge in [-0.25, -0.2) is 0 Å². The van der Waals surface area contributed by atoms with Gasteiger partial charge in [0.1, 0.15) is 0 Å². The average molecular weight is 255 g/mol. The molecule has 0 spiro atoms. The predicted molar refractivity (Wildman–Crippen MR) is 65.5 cm³/mol. The summed E-state index contributed by atoms with van der Waals surface area (Å²) in [4.78, 5) is 10.3. The van der Waals surface area contributed by atoms with E-state index in [2.05, 4.69) is 0 Å². The van der Waals surface area contributed by atoms with Crippen LogP contribution in [-0.4, -0.2) is 34.2 Å². The first kappa shape index (κ1) is 15.0. The topological polar surface area (TPSA) is 89.3 Å². The molecule has 0 unspecified atom stereocenters. The van der Waals surface area contributed by atoms with Gasteiger partial charge in [-0.05, 0) is 12.8 Å². The molecule has 1 rings (SSSR count). The molecule has 1 heterocycles. The molecule has 5 N–H and O–H groups in total. The van der Waals surface area contributed by atoms with Gasteiger partial charge in [-0.2, -0.15) is 11.8 Å².